The van der Waals surface area contributed by atoms with Crippen LogP contribution in [0.5, 0.6) is 0 Å². The summed E-state index contributed by atoms with van der Waals surface area (Å²) in [4.78, 5) is 44.2. The van der Waals surface area contributed by atoms with Crippen LogP contribution in [0.3, 0.4) is 0 Å². The van der Waals surface area contributed by atoms with Crippen LogP contribution in [0.25, 0.3) is 32.3 Å². The number of fused-ring (bicyclic) bond motifs is 4. The van der Waals surface area contributed by atoms with Crippen LogP contribution in [0.15, 0.2) is 150 Å². The predicted molar refractivity (Wildman–Crippen MR) is 203 cm³/mol. The molecule has 6 aromatic rings. The van der Waals surface area contributed by atoms with Crippen molar-refractivity contribution in [1.82, 2.24) is 0 Å². The molecule has 6 aromatic carbocycles. The first-order chi connectivity index (χ1) is 26.0. The molecule has 0 aliphatic heterocycles. The number of benzene rings is 6. The van der Waals surface area contributed by atoms with Gasteiger partial charge >= 0.3 is 314 Å². The van der Waals surface area contributed by atoms with E-state index in [1.165, 1.54) is 16.7 Å². The Hall–Kier alpha value is -5.30. The molecule has 3 aliphatic rings. The van der Waals surface area contributed by atoms with Crippen molar-refractivity contribution in [2.75, 3.05) is 0 Å². The Morgan fingerprint density at radius 1 is 0.472 bits per heavy atom. The molecule has 0 saturated carbocycles. The number of rotatable bonds is 7. The molecule has 0 saturated heterocycles. The molecule has 0 N–H and O–H groups in total. The summed E-state index contributed by atoms with van der Waals surface area (Å²) in [5, 5.41) is 4.73. The van der Waals surface area contributed by atoms with Crippen LogP contribution >= 0.6 is 0 Å². The Kier molecular flexibility index (Phi) is 8.81. The van der Waals surface area contributed by atoms with Crippen molar-refractivity contribution in [3.8, 4) is 0 Å². The minimum atomic E-state index is -5.47. The van der Waals surface area contributed by atoms with Gasteiger partial charge in [-0.1, -0.05) is 0 Å². The van der Waals surface area contributed by atoms with Gasteiger partial charge < -0.3 is 0 Å². The number of hydrogen-bond acceptors (Lipinski definition) is 6. The van der Waals surface area contributed by atoms with Crippen LogP contribution < -0.4 is 0 Å². The zero-order chi connectivity index (χ0) is 35.9. The number of carbonyl (C=O) groups is 3. The van der Waals surface area contributed by atoms with Gasteiger partial charge in [-0.05, 0) is 0 Å². The number of allylic oxidation sites excluding steroid dienone is 4. The zero-order valence-corrected chi connectivity index (χ0v) is 30.9. The van der Waals surface area contributed by atoms with Crippen LogP contribution in [0, 0.1) is 0 Å². The minimum absolute atomic E-state index is 0.328. The molecule has 0 heterocycles. The molecule has 1 unspecified atom stereocenters. The van der Waals surface area contributed by atoms with E-state index in [-0.39, 0.29) is 0 Å². The molecule has 53 heavy (non-hydrogen) atoms. The first-order valence-corrected chi connectivity index (χ1v) is 21.4. The van der Waals surface area contributed by atoms with Crippen molar-refractivity contribution in [2.24, 2.45) is 0 Å². The standard InChI is InChI=1S/C13H17.3C11H8O2.Ti/c1-3-7-12-10(5-1)9-11-6-2-4-8-13(11)12;3*12-11(13)10-7-3-5-8-4-1-2-6-9(8)10;/h5H,1-4,6-9H2;3*1-7H,(H,12,13);/q;;;;+3/p-3. The molecule has 6 nitrogen and oxygen atoms in total. The maximum atomic E-state index is 14.7. The van der Waals surface area contributed by atoms with E-state index in [1.54, 1.807) is 18.2 Å². The molecule has 7 heteroatoms. The summed E-state index contributed by atoms with van der Waals surface area (Å²) < 4.78 is 19.7. The second-order valence-electron chi connectivity index (χ2n) is 14.3. The molecular weight excluding hydrogens is 696 g/mol. The second-order valence-corrected chi connectivity index (χ2v) is 18.2. The number of carbonyl (C=O) groups excluding carboxylic acids is 3. The van der Waals surface area contributed by atoms with Crippen molar-refractivity contribution in [3.05, 3.63) is 166 Å². The van der Waals surface area contributed by atoms with Crippen LogP contribution in [-0.4, -0.2) is 17.9 Å². The summed E-state index contributed by atoms with van der Waals surface area (Å²) in [5.74, 6) is -2.00. The van der Waals surface area contributed by atoms with Crippen LogP contribution in [0.1, 0.15) is 82.4 Å². The van der Waals surface area contributed by atoms with Crippen molar-refractivity contribution >= 4 is 50.2 Å². The third kappa shape index (κ3) is 6.10. The molecule has 0 bridgehead atoms. The third-order valence-electron chi connectivity index (χ3n) is 11.2. The Labute approximate surface area is 312 Å². The predicted octanol–water partition coefficient (Wildman–Crippen LogP) is 11.5. The molecule has 0 radical (unpaired) electrons. The maximum absolute atomic E-state index is 14.7. The van der Waals surface area contributed by atoms with Gasteiger partial charge in [-0.15, -0.1) is 0 Å². The van der Waals surface area contributed by atoms with Gasteiger partial charge in [-0.3, -0.25) is 0 Å². The molecule has 0 aromatic heterocycles. The van der Waals surface area contributed by atoms with Crippen molar-refractivity contribution in [1.29, 1.82) is 0 Å². The van der Waals surface area contributed by atoms with E-state index in [1.807, 2.05) is 109 Å². The quantitative estimate of drug-likeness (QED) is 0.152. The summed E-state index contributed by atoms with van der Waals surface area (Å²) in [5.41, 5.74) is 6.22. The van der Waals surface area contributed by atoms with Gasteiger partial charge in [0.15, 0.2) is 0 Å². The van der Waals surface area contributed by atoms with Crippen molar-refractivity contribution < 1.29 is 42.1 Å². The fourth-order valence-corrected chi connectivity index (χ4v) is 13.3. The topological polar surface area (TPSA) is 78.9 Å². The van der Waals surface area contributed by atoms with Gasteiger partial charge in [-0.2, -0.15) is 0 Å². The molecule has 3 aliphatic carbocycles. The van der Waals surface area contributed by atoms with Crippen LogP contribution in [0.2, 0.25) is 4.22 Å². The van der Waals surface area contributed by atoms with E-state index in [4.69, 9.17) is 9.96 Å². The first-order valence-electron chi connectivity index (χ1n) is 18.6. The molecule has 9 rings (SSSR count). The van der Waals surface area contributed by atoms with E-state index < -0.39 is 39.9 Å². The Morgan fingerprint density at radius 3 is 1.38 bits per heavy atom. The molecular formula is C46H38O6Ti. The van der Waals surface area contributed by atoms with Gasteiger partial charge in [0.25, 0.3) is 0 Å². The van der Waals surface area contributed by atoms with E-state index in [0.717, 1.165) is 66.7 Å². The van der Waals surface area contributed by atoms with Crippen LogP contribution in [-0.2, 0) is 27.7 Å². The summed E-state index contributed by atoms with van der Waals surface area (Å²) in [6, 6.07) is 39.3. The van der Waals surface area contributed by atoms with Gasteiger partial charge in [-0.25, -0.2) is 0 Å². The molecule has 0 fully saturated rings. The van der Waals surface area contributed by atoms with Crippen LogP contribution in [0.4, 0.5) is 0 Å². The molecule has 1 atom stereocenters. The van der Waals surface area contributed by atoms with Gasteiger partial charge in [0.05, 0.1) is 0 Å². The molecule has 0 spiro atoms. The summed E-state index contributed by atoms with van der Waals surface area (Å²) >= 11 is -5.47. The van der Waals surface area contributed by atoms with E-state index in [9.17, 15) is 14.4 Å². The zero-order valence-electron chi connectivity index (χ0n) is 29.3. The third-order valence-corrected chi connectivity index (χ3v) is 15.8. The SMILES string of the molecule is O=C([O][Ti]([O]C(=O)c1cccc2ccccc12)([O]C(=O)c1cccc2ccccc12)[CH]1CCCC2=C1CC1=C2CCCC1)c1cccc2ccccc12. The van der Waals surface area contributed by atoms with Crippen molar-refractivity contribution in [3.63, 3.8) is 0 Å². The fraction of sp³-hybridized carbons (Fsp3) is 0.196. The molecule has 262 valence electrons. The first kappa shape index (κ1) is 33.5. The number of hydrogen-bond donors (Lipinski definition) is 0. The summed E-state index contributed by atoms with van der Waals surface area (Å²) in [6.07, 6.45) is 7.33. The van der Waals surface area contributed by atoms with Crippen molar-refractivity contribution in [2.45, 2.75) is 55.6 Å². The van der Waals surface area contributed by atoms with Gasteiger partial charge in [0, 0.05) is 0 Å². The Bertz CT molecular complexity index is 2290. The summed E-state index contributed by atoms with van der Waals surface area (Å²) in [6.45, 7) is 0. The Morgan fingerprint density at radius 2 is 0.887 bits per heavy atom. The van der Waals surface area contributed by atoms with Gasteiger partial charge in [0.2, 0.25) is 0 Å². The molecule has 0 amide bonds. The second kappa shape index (κ2) is 13.9. The van der Waals surface area contributed by atoms with E-state index in [2.05, 4.69) is 0 Å². The normalized spacial score (nSPS) is 17.1. The fourth-order valence-electron chi connectivity index (χ4n) is 8.79. The van der Waals surface area contributed by atoms with E-state index in [0.29, 0.717) is 39.3 Å². The average Bonchev–Trinajstić information content (AvgIpc) is 3.59. The summed E-state index contributed by atoms with van der Waals surface area (Å²) in [7, 11) is 0. The average molecular weight is 735 g/mol. The van der Waals surface area contributed by atoms with E-state index >= 15 is 0 Å². The Balaban J connectivity index is 1.23. The monoisotopic (exact) mass is 734 g/mol. The van der Waals surface area contributed by atoms with Gasteiger partial charge in [0.1, 0.15) is 0 Å².